The molecule has 0 aliphatic carbocycles. The molecule has 0 radical (unpaired) electrons. The number of carboxylic acids is 1. The highest BCUT2D eigenvalue weighted by atomic mass is 35.5. The Morgan fingerprint density at radius 1 is 1.36 bits per heavy atom. The zero-order chi connectivity index (χ0) is 18.0. The molecule has 1 fully saturated rings. The summed E-state index contributed by atoms with van der Waals surface area (Å²) in [7, 11) is 0. The van der Waals surface area contributed by atoms with Crippen molar-refractivity contribution in [2.24, 2.45) is 5.92 Å². The molecule has 0 unspecified atom stereocenters. The number of ether oxygens (including phenoxy) is 1. The van der Waals surface area contributed by atoms with Crippen LogP contribution in [0, 0.1) is 11.7 Å². The molecule has 5 nitrogen and oxygen atoms in total. The standard InChI is InChI=1S/C17H15ClFNO4S/c18-12-3-1-9(7-13(12)19)15-11(5-6-24-15)16(21)20-8-10-2-4-14(25-10)17(22)23/h1-4,7,11,15H,5-6,8H2,(H,20,21)(H,22,23)/t11-,15+/m1/s1. The summed E-state index contributed by atoms with van der Waals surface area (Å²) in [5, 5.41) is 11.7. The lowest BCUT2D eigenvalue weighted by Crippen LogP contribution is -2.31. The largest absolute Gasteiger partial charge is 0.477 e. The number of carbonyl (C=O) groups is 2. The quantitative estimate of drug-likeness (QED) is 0.826. The van der Waals surface area contributed by atoms with Gasteiger partial charge < -0.3 is 15.2 Å². The van der Waals surface area contributed by atoms with Crippen LogP contribution in [-0.2, 0) is 16.1 Å². The topological polar surface area (TPSA) is 75.6 Å². The van der Waals surface area contributed by atoms with Crippen LogP contribution in [0.5, 0.6) is 0 Å². The summed E-state index contributed by atoms with van der Waals surface area (Å²) in [4.78, 5) is 24.3. The number of amides is 1. The Balaban J connectivity index is 1.65. The van der Waals surface area contributed by atoms with Crippen molar-refractivity contribution in [3.05, 3.63) is 56.5 Å². The first kappa shape index (κ1) is 17.8. The summed E-state index contributed by atoms with van der Waals surface area (Å²) in [6.07, 6.45) is 0.00985. The van der Waals surface area contributed by atoms with Gasteiger partial charge in [-0.25, -0.2) is 9.18 Å². The number of aromatic carboxylic acids is 1. The fourth-order valence-corrected chi connectivity index (χ4v) is 3.67. The van der Waals surface area contributed by atoms with Gasteiger partial charge in [-0.05, 0) is 36.2 Å². The molecular weight excluding hydrogens is 369 g/mol. The number of benzene rings is 1. The maximum absolute atomic E-state index is 13.7. The van der Waals surface area contributed by atoms with Gasteiger partial charge in [-0.1, -0.05) is 17.7 Å². The van der Waals surface area contributed by atoms with Gasteiger partial charge >= 0.3 is 5.97 Å². The fraction of sp³-hybridized carbons (Fsp3) is 0.294. The molecule has 8 heteroatoms. The number of rotatable bonds is 5. The van der Waals surface area contributed by atoms with Crippen molar-refractivity contribution in [1.29, 1.82) is 0 Å². The summed E-state index contributed by atoms with van der Waals surface area (Å²) in [6, 6.07) is 7.57. The number of carbonyl (C=O) groups excluding carboxylic acids is 1. The lowest BCUT2D eigenvalue weighted by Gasteiger charge is -2.18. The average Bonchev–Trinajstić information content (AvgIpc) is 3.24. The second-order valence-corrected chi connectivity index (χ2v) is 7.22. The fourth-order valence-electron chi connectivity index (χ4n) is 2.77. The third kappa shape index (κ3) is 4.00. The molecule has 1 aromatic carbocycles. The maximum atomic E-state index is 13.7. The molecule has 1 saturated heterocycles. The van der Waals surface area contributed by atoms with Crippen LogP contribution in [0.2, 0.25) is 5.02 Å². The van der Waals surface area contributed by atoms with Crippen LogP contribution in [0.4, 0.5) is 4.39 Å². The van der Waals surface area contributed by atoms with E-state index in [2.05, 4.69) is 5.32 Å². The number of nitrogens with one attached hydrogen (secondary N) is 1. The van der Waals surface area contributed by atoms with Gasteiger partial charge in [0.25, 0.3) is 0 Å². The molecule has 132 valence electrons. The van der Waals surface area contributed by atoms with Gasteiger partial charge in [0.05, 0.1) is 23.6 Å². The van der Waals surface area contributed by atoms with E-state index in [0.717, 1.165) is 16.2 Å². The Kier molecular flexibility index (Phi) is 5.36. The van der Waals surface area contributed by atoms with E-state index >= 15 is 0 Å². The second-order valence-electron chi connectivity index (χ2n) is 5.65. The van der Waals surface area contributed by atoms with Gasteiger partial charge in [0.1, 0.15) is 10.7 Å². The van der Waals surface area contributed by atoms with E-state index in [0.29, 0.717) is 18.6 Å². The summed E-state index contributed by atoms with van der Waals surface area (Å²) in [6.45, 7) is 0.657. The summed E-state index contributed by atoms with van der Waals surface area (Å²) < 4.78 is 19.3. The second kappa shape index (κ2) is 7.51. The number of hydrogen-bond acceptors (Lipinski definition) is 4. The van der Waals surface area contributed by atoms with Gasteiger partial charge in [-0.2, -0.15) is 0 Å². The zero-order valence-corrected chi connectivity index (χ0v) is 14.6. The first-order valence-corrected chi connectivity index (χ1v) is 8.81. The molecule has 2 N–H and O–H groups in total. The van der Waals surface area contributed by atoms with E-state index in [1.807, 2.05) is 0 Å². The first-order valence-electron chi connectivity index (χ1n) is 7.62. The van der Waals surface area contributed by atoms with Gasteiger partial charge in [0.2, 0.25) is 5.91 Å². The van der Waals surface area contributed by atoms with Crippen molar-refractivity contribution in [3.8, 4) is 0 Å². The van der Waals surface area contributed by atoms with E-state index in [4.69, 9.17) is 21.4 Å². The van der Waals surface area contributed by atoms with Crippen molar-refractivity contribution in [3.63, 3.8) is 0 Å². The highest BCUT2D eigenvalue weighted by Gasteiger charge is 2.35. The van der Waals surface area contributed by atoms with Crippen LogP contribution in [0.3, 0.4) is 0 Å². The minimum atomic E-state index is -0.989. The molecule has 25 heavy (non-hydrogen) atoms. The van der Waals surface area contributed by atoms with Gasteiger partial charge in [-0.15, -0.1) is 11.3 Å². The molecule has 1 aromatic heterocycles. The average molecular weight is 384 g/mol. The Morgan fingerprint density at radius 2 is 2.16 bits per heavy atom. The molecule has 0 saturated carbocycles. The minimum Gasteiger partial charge on any atom is -0.477 e. The van der Waals surface area contributed by atoms with Crippen LogP contribution in [0.15, 0.2) is 30.3 Å². The molecule has 2 heterocycles. The molecule has 1 aliphatic rings. The van der Waals surface area contributed by atoms with E-state index in [1.165, 1.54) is 18.2 Å². The summed E-state index contributed by atoms with van der Waals surface area (Å²) in [5.41, 5.74) is 0.573. The van der Waals surface area contributed by atoms with Gasteiger partial charge in [0, 0.05) is 11.5 Å². The molecule has 0 bridgehead atoms. The number of carboxylic acid groups (broad SMARTS) is 1. The Hall–Kier alpha value is -1.96. The highest BCUT2D eigenvalue weighted by Crippen LogP contribution is 2.36. The Labute approximate surface area is 152 Å². The Morgan fingerprint density at radius 3 is 2.84 bits per heavy atom. The van der Waals surface area contributed by atoms with Crippen molar-refractivity contribution < 1.29 is 23.8 Å². The van der Waals surface area contributed by atoms with E-state index in [9.17, 15) is 14.0 Å². The van der Waals surface area contributed by atoms with Crippen LogP contribution < -0.4 is 5.32 Å². The number of thiophene rings is 1. The molecule has 3 rings (SSSR count). The predicted octanol–water partition coefficient (Wildman–Crippen LogP) is 3.63. The van der Waals surface area contributed by atoms with E-state index in [1.54, 1.807) is 12.1 Å². The predicted molar refractivity (Wildman–Crippen MR) is 91.3 cm³/mol. The first-order chi connectivity index (χ1) is 12.0. The molecule has 0 spiro atoms. The van der Waals surface area contributed by atoms with Crippen molar-refractivity contribution in [2.45, 2.75) is 19.1 Å². The van der Waals surface area contributed by atoms with Crippen LogP contribution in [-0.4, -0.2) is 23.6 Å². The highest BCUT2D eigenvalue weighted by molar-refractivity contribution is 7.13. The summed E-state index contributed by atoms with van der Waals surface area (Å²) in [5.74, 6) is -2.17. The monoisotopic (exact) mass is 383 g/mol. The van der Waals surface area contributed by atoms with Crippen molar-refractivity contribution >= 4 is 34.8 Å². The zero-order valence-electron chi connectivity index (χ0n) is 13.0. The molecule has 2 atom stereocenters. The number of halogens is 2. The third-order valence-corrected chi connectivity index (χ3v) is 5.39. The lowest BCUT2D eigenvalue weighted by molar-refractivity contribution is -0.126. The van der Waals surface area contributed by atoms with Crippen LogP contribution in [0.1, 0.15) is 32.6 Å². The third-order valence-electron chi connectivity index (χ3n) is 4.01. The normalized spacial score (nSPS) is 19.8. The van der Waals surface area contributed by atoms with Crippen LogP contribution in [0.25, 0.3) is 0 Å². The molecule has 2 aromatic rings. The van der Waals surface area contributed by atoms with Crippen molar-refractivity contribution in [2.75, 3.05) is 6.61 Å². The van der Waals surface area contributed by atoms with E-state index in [-0.39, 0.29) is 22.4 Å². The van der Waals surface area contributed by atoms with E-state index < -0.39 is 23.8 Å². The van der Waals surface area contributed by atoms with Gasteiger partial charge in [0.15, 0.2) is 0 Å². The van der Waals surface area contributed by atoms with Crippen LogP contribution >= 0.6 is 22.9 Å². The molecular formula is C17H15ClFNO4S. The molecule has 1 aliphatic heterocycles. The minimum absolute atomic E-state index is 0.0229. The maximum Gasteiger partial charge on any atom is 0.345 e. The molecule has 1 amide bonds. The van der Waals surface area contributed by atoms with Crippen molar-refractivity contribution in [1.82, 2.24) is 5.32 Å². The summed E-state index contributed by atoms with van der Waals surface area (Å²) >= 11 is 6.81. The lowest BCUT2D eigenvalue weighted by atomic mass is 9.94. The number of hydrogen-bond donors (Lipinski definition) is 2. The SMILES string of the molecule is O=C(O)c1ccc(CNC(=O)[C@@H]2CCO[C@H]2c2ccc(Cl)c(F)c2)s1. The smallest absolute Gasteiger partial charge is 0.345 e. The Bertz CT molecular complexity index is 810. The van der Waals surface area contributed by atoms with Gasteiger partial charge in [-0.3, -0.25) is 4.79 Å².